The molecule has 38 heavy (non-hydrogen) atoms. The number of aromatic amines is 1. The summed E-state index contributed by atoms with van der Waals surface area (Å²) in [5.74, 6) is -2.31. The van der Waals surface area contributed by atoms with Crippen molar-refractivity contribution in [3.8, 4) is 0 Å². The molecule has 0 aliphatic carbocycles. The minimum atomic E-state index is -1.78. The van der Waals surface area contributed by atoms with Crippen LogP contribution in [0.25, 0.3) is 0 Å². The normalized spacial score (nSPS) is 29.7. The third kappa shape index (κ3) is 5.52. The number of hydrogen-bond donors (Lipinski definition) is 6. The molecule has 204 valence electrons. The van der Waals surface area contributed by atoms with E-state index in [1.54, 1.807) is 30.3 Å². The molecule has 2 aromatic rings. The molecule has 0 saturated carbocycles. The van der Waals surface area contributed by atoms with E-state index in [2.05, 4.69) is 5.32 Å². The number of carbonyl (C=O) groups is 2. The molecule has 1 aromatic heterocycles. The average molecular weight is 534 g/mol. The standard InChI is InChI=1S/C23H26N4O11/c1-35-16-15(31)21(27-8-7-13(29)26-23(27)34)37-17(16)18(19(24)32)38-22-14(30)11(28)9-12(36-22)20(33)25-10-5-3-2-4-6-10/h2-9,11,14-18,21-22,28,30-31H,1H3,(H2,24,32)(H,25,33)(H,26,29,34)/t11-,14-,15+,16-,17-,18+,21+,22+/m0/s1. The van der Waals surface area contributed by atoms with Crippen LogP contribution in [0.4, 0.5) is 5.69 Å². The van der Waals surface area contributed by atoms with Crippen molar-refractivity contribution >= 4 is 17.5 Å². The van der Waals surface area contributed by atoms with E-state index in [0.29, 0.717) is 5.69 Å². The summed E-state index contributed by atoms with van der Waals surface area (Å²) in [6, 6.07) is 9.36. The SMILES string of the molecule is CO[C@H]1[C@@H](O)[C@H](n2ccc(=O)[nH]c2=O)O[C@@H]1[C@@H](O[C@H]1OC(C(=O)Nc2ccccc2)=C[C@H](O)[C@@H]1O)C(N)=O. The van der Waals surface area contributed by atoms with Gasteiger partial charge in [-0.25, -0.2) is 4.79 Å². The van der Waals surface area contributed by atoms with E-state index in [4.69, 9.17) is 24.7 Å². The van der Waals surface area contributed by atoms with Crippen molar-refractivity contribution in [2.45, 2.75) is 49.1 Å². The molecule has 2 aliphatic heterocycles. The number of para-hydroxylation sites is 1. The Bertz CT molecular complexity index is 1310. The first-order valence-corrected chi connectivity index (χ1v) is 11.3. The van der Waals surface area contributed by atoms with Gasteiger partial charge in [0.1, 0.15) is 30.5 Å². The smallest absolute Gasteiger partial charge is 0.330 e. The maximum absolute atomic E-state index is 12.7. The molecule has 0 radical (unpaired) electrons. The molecule has 1 fully saturated rings. The molecular formula is C23H26N4O11. The summed E-state index contributed by atoms with van der Waals surface area (Å²) in [4.78, 5) is 50.7. The number of rotatable bonds is 8. The van der Waals surface area contributed by atoms with Crippen LogP contribution in [0.1, 0.15) is 6.23 Å². The Labute approximate surface area is 214 Å². The van der Waals surface area contributed by atoms with E-state index >= 15 is 0 Å². The Morgan fingerprint density at radius 2 is 1.84 bits per heavy atom. The van der Waals surface area contributed by atoms with Gasteiger partial charge in [0.15, 0.2) is 18.1 Å². The number of hydrogen-bond acceptors (Lipinski definition) is 11. The van der Waals surface area contributed by atoms with Gasteiger partial charge in [0, 0.05) is 25.1 Å². The van der Waals surface area contributed by atoms with Crippen molar-refractivity contribution in [2.24, 2.45) is 5.73 Å². The number of aromatic nitrogens is 2. The Hall–Kier alpha value is -3.86. The Kier molecular flexibility index (Phi) is 8.05. The van der Waals surface area contributed by atoms with Crippen LogP contribution in [0.15, 0.2) is 64.0 Å². The van der Waals surface area contributed by atoms with E-state index in [-0.39, 0.29) is 0 Å². The number of carbonyl (C=O) groups excluding carboxylic acids is 2. The lowest BCUT2D eigenvalue weighted by atomic mass is 10.0. The fraction of sp³-hybridized carbons (Fsp3) is 0.391. The number of benzene rings is 1. The second kappa shape index (κ2) is 11.3. The predicted octanol–water partition coefficient (Wildman–Crippen LogP) is -2.72. The lowest BCUT2D eigenvalue weighted by Crippen LogP contribution is -2.53. The molecule has 2 aliphatic rings. The first-order valence-electron chi connectivity index (χ1n) is 11.3. The molecule has 15 heteroatoms. The number of anilines is 1. The summed E-state index contributed by atoms with van der Waals surface area (Å²) in [5, 5.41) is 34.0. The summed E-state index contributed by atoms with van der Waals surface area (Å²) >= 11 is 0. The van der Waals surface area contributed by atoms with Gasteiger partial charge < -0.3 is 45.3 Å². The van der Waals surface area contributed by atoms with Crippen LogP contribution in [0, 0.1) is 0 Å². The molecule has 15 nitrogen and oxygen atoms in total. The number of aliphatic hydroxyl groups is 3. The quantitative estimate of drug-likeness (QED) is 0.204. The highest BCUT2D eigenvalue weighted by Gasteiger charge is 2.52. The van der Waals surface area contributed by atoms with Crippen LogP contribution in [0.5, 0.6) is 0 Å². The molecule has 0 unspecified atom stereocenters. The third-order valence-electron chi connectivity index (χ3n) is 5.96. The molecule has 3 heterocycles. The van der Waals surface area contributed by atoms with E-state index < -0.39 is 78.0 Å². The molecule has 8 atom stereocenters. The highest BCUT2D eigenvalue weighted by atomic mass is 16.7. The van der Waals surface area contributed by atoms with Crippen LogP contribution < -0.4 is 22.3 Å². The third-order valence-corrected chi connectivity index (χ3v) is 5.96. The summed E-state index contributed by atoms with van der Waals surface area (Å²) in [7, 11) is 1.20. The van der Waals surface area contributed by atoms with Crippen LogP contribution >= 0.6 is 0 Å². The van der Waals surface area contributed by atoms with Crippen molar-refractivity contribution in [2.75, 3.05) is 12.4 Å². The number of amides is 2. The second-order valence-electron chi connectivity index (χ2n) is 8.48. The molecule has 0 spiro atoms. The zero-order valence-corrected chi connectivity index (χ0v) is 19.9. The van der Waals surface area contributed by atoms with Crippen molar-refractivity contribution in [1.82, 2.24) is 9.55 Å². The minimum absolute atomic E-state index is 0.409. The number of nitrogens with two attached hydrogens (primary N) is 1. The predicted molar refractivity (Wildman–Crippen MR) is 126 cm³/mol. The molecule has 1 aromatic carbocycles. The maximum atomic E-state index is 12.7. The van der Waals surface area contributed by atoms with Gasteiger partial charge in [-0.05, 0) is 18.2 Å². The van der Waals surface area contributed by atoms with Crippen molar-refractivity contribution in [1.29, 1.82) is 0 Å². The molecule has 7 N–H and O–H groups in total. The molecule has 4 rings (SSSR count). The molecule has 1 saturated heterocycles. The summed E-state index contributed by atoms with van der Waals surface area (Å²) in [5.41, 5.74) is 4.36. The molecule has 2 amide bonds. The highest BCUT2D eigenvalue weighted by Crippen LogP contribution is 2.34. The van der Waals surface area contributed by atoms with Gasteiger partial charge in [-0.1, -0.05) is 18.2 Å². The summed E-state index contributed by atoms with van der Waals surface area (Å²) in [6.45, 7) is 0. The number of H-pyrrole nitrogens is 1. The van der Waals surface area contributed by atoms with Crippen molar-refractivity contribution in [3.05, 3.63) is 75.3 Å². The summed E-state index contributed by atoms with van der Waals surface area (Å²) in [6.07, 6.45) is -10.6. The van der Waals surface area contributed by atoms with Gasteiger partial charge in [-0.3, -0.25) is 23.9 Å². The van der Waals surface area contributed by atoms with E-state index in [1.165, 1.54) is 7.11 Å². The highest BCUT2D eigenvalue weighted by molar-refractivity contribution is 6.02. The van der Waals surface area contributed by atoms with Gasteiger partial charge in [0.05, 0.1) is 0 Å². The first kappa shape index (κ1) is 27.2. The van der Waals surface area contributed by atoms with Crippen LogP contribution in [0.2, 0.25) is 0 Å². The van der Waals surface area contributed by atoms with Gasteiger partial charge in [-0.2, -0.15) is 0 Å². The Morgan fingerprint density at radius 3 is 2.47 bits per heavy atom. The monoisotopic (exact) mass is 534 g/mol. The van der Waals surface area contributed by atoms with Gasteiger partial charge in [0.25, 0.3) is 11.5 Å². The Morgan fingerprint density at radius 1 is 1.13 bits per heavy atom. The largest absolute Gasteiger partial charge is 0.456 e. The van der Waals surface area contributed by atoms with Crippen molar-refractivity contribution < 1.29 is 43.9 Å². The van der Waals surface area contributed by atoms with Crippen molar-refractivity contribution in [3.63, 3.8) is 0 Å². The van der Waals surface area contributed by atoms with Crippen LogP contribution in [-0.4, -0.2) is 86.7 Å². The molecular weight excluding hydrogens is 508 g/mol. The number of methoxy groups -OCH3 is 1. The van der Waals surface area contributed by atoms with Gasteiger partial charge >= 0.3 is 5.69 Å². The van der Waals surface area contributed by atoms with Crippen LogP contribution in [-0.2, 0) is 28.5 Å². The number of ether oxygens (including phenoxy) is 4. The topological polar surface area (TPSA) is 225 Å². The lowest BCUT2D eigenvalue weighted by Gasteiger charge is -2.35. The zero-order valence-electron chi connectivity index (χ0n) is 19.9. The number of primary amides is 1. The number of nitrogens with zero attached hydrogens (tertiary/aromatic N) is 1. The number of nitrogens with one attached hydrogen (secondary N) is 2. The first-order chi connectivity index (χ1) is 18.1. The van der Waals surface area contributed by atoms with E-state index in [0.717, 1.165) is 22.9 Å². The van der Waals surface area contributed by atoms with Gasteiger partial charge in [0.2, 0.25) is 12.2 Å². The lowest BCUT2D eigenvalue weighted by molar-refractivity contribution is -0.241. The van der Waals surface area contributed by atoms with E-state index in [1.807, 2.05) is 4.98 Å². The second-order valence-corrected chi connectivity index (χ2v) is 8.48. The van der Waals surface area contributed by atoms with E-state index in [9.17, 15) is 34.5 Å². The minimum Gasteiger partial charge on any atom is -0.456 e. The molecule has 0 bridgehead atoms. The van der Waals surface area contributed by atoms with Crippen LogP contribution in [0.3, 0.4) is 0 Å². The maximum Gasteiger partial charge on any atom is 0.330 e. The summed E-state index contributed by atoms with van der Waals surface area (Å²) < 4.78 is 22.9. The van der Waals surface area contributed by atoms with Gasteiger partial charge in [-0.15, -0.1) is 0 Å². The average Bonchev–Trinajstić information content (AvgIpc) is 3.20. The Balaban J connectivity index is 1.55. The number of aliphatic hydroxyl groups excluding tert-OH is 3. The fourth-order valence-electron chi connectivity index (χ4n) is 4.10. The zero-order chi connectivity index (χ0) is 27.6. The fourth-order valence-corrected chi connectivity index (χ4v) is 4.10.